The largest absolute Gasteiger partial charge is 0.429 e. The van der Waals surface area contributed by atoms with Crippen LogP contribution in [0.15, 0.2) is 42.2 Å². The van der Waals surface area contributed by atoms with Crippen LogP contribution in [-0.4, -0.2) is 15.8 Å². The molecule has 1 aliphatic heterocycles. The summed E-state index contributed by atoms with van der Waals surface area (Å²) in [5.74, 6) is 0.545. The molecule has 1 heterocycles. The first kappa shape index (κ1) is 24.1. The third kappa shape index (κ3) is 4.93. The number of carbonyl (C=O) groups is 2. The smallest absolute Gasteiger partial charge is 0.311 e. The molecule has 1 saturated carbocycles. The van der Waals surface area contributed by atoms with Gasteiger partial charge in [-0.3, -0.25) is 9.59 Å². The summed E-state index contributed by atoms with van der Waals surface area (Å²) < 4.78 is 5.66. The molecular weight excluding hydrogens is 452 g/mol. The maximum atomic E-state index is 13.5. The van der Waals surface area contributed by atoms with Crippen molar-refractivity contribution in [3.8, 4) is 11.1 Å². The van der Waals surface area contributed by atoms with E-state index in [-0.39, 0.29) is 17.0 Å². The first-order valence-corrected chi connectivity index (χ1v) is 13.0. The van der Waals surface area contributed by atoms with E-state index in [1.165, 1.54) is 11.8 Å². The molecule has 0 atom stereocenters. The van der Waals surface area contributed by atoms with Gasteiger partial charge in [0.05, 0.1) is 10.3 Å². The lowest BCUT2D eigenvalue weighted by Crippen LogP contribution is -2.30. The normalized spacial score (nSPS) is 17.8. The van der Waals surface area contributed by atoms with E-state index >= 15 is 0 Å². The molecular formula is C28H31ClO3S. The highest BCUT2D eigenvalue weighted by Crippen LogP contribution is 2.55. The summed E-state index contributed by atoms with van der Waals surface area (Å²) in [4.78, 5) is 26.3. The molecule has 0 amide bonds. The molecule has 4 rings (SSSR count). The maximum absolute atomic E-state index is 13.5. The number of ether oxygens (including phenoxy) is 1. The van der Waals surface area contributed by atoms with Gasteiger partial charge < -0.3 is 4.74 Å². The van der Waals surface area contributed by atoms with E-state index < -0.39 is 4.75 Å². The Kier molecular flexibility index (Phi) is 7.07. The van der Waals surface area contributed by atoms with Gasteiger partial charge >= 0.3 is 5.97 Å². The molecule has 0 aromatic heterocycles. The highest BCUT2D eigenvalue weighted by molar-refractivity contribution is 8.16. The van der Waals surface area contributed by atoms with Gasteiger partial charge in [-0.25, -0.2) is 0 Å². The van der Waals surface area contributed by atoms with Crippen molar-refractivity contribution in [2.75, 3.05) is 0 Å². The zero-order valence-corrected chi connectivity index (χ0v) is 21.4. The SMILES string of the molecule is Cc1cc(C)c(-c2ccc(Cl)cc2)cc1C1=C(OC(=O)CC(C)C)C2(CCCCC2)SC1=O. The van der Waals surface area contributed by atoms with Gasteiger partial charge in [-0.05, 0) is 78.6 Å². The van der Waals surface area contributed by atoms with Gasteiger partial charge in [-0.1, -0.05) is 74.7 Å². The van der Waals surface area contributed by atoms with E-state index in [0.29, 0.717) is 22.8 Å². The van der Waals surface area contributed by atoms with E-state index in [9.17, 15) is 9.59 Å². The topological polar surface area (TPSA) is 43.4 Å². The van der Waals surface area contributed by atoms with Gasteiger partial charge in [0.1, 0.15) is 5.76 Å². The van der Waals surface area contributed by atoms with E-state index in [1.807, 2.05) is 45.0 Å². The van der Waals surface area contributed by atoms with Crippen LogP contribution in [-0.2, 0) is 14.3 Å². The van der Waals surface area contributed by atoms with E-state index in [4.69, 9.17) is 16.3 Å². The van der Waals surface area contributed by atoms with Crippen molar-refractivity contribution in [3.05, 3.63) is 63.9 Å². The van der Waals surface area contributed by atoms with Gasteiger partial charge in [0.2, 0.25) is 5.12 Å². The first-order chi connectivity index (χ1) is 15.7. The van der Waals surface area contributed by atoms with Crippen LogP contribution in [0.5, 0.6) is 0 Å². The predicted molar refractivity (Wildman–Crippen MR) is 137 cm³/mol. The fourth-order valence-corrected chi connectivity index (χ4v) is 6.49. The Morgan fingerprint density at radius 2 is 1.67 bits per heavy atom. The second kappa shape index (κ2) is 9.68. The molecule has 1 spiro atoms. The van der Waals surface area contributed by atoms with Gasteiger partial charge in [0, 0.05) is 11.4 Å². The summed E-state index contributed by atoms with van der Waals surface area (Å²) in [6.07, 6.45) is 5.32. The Morgan fingerprint density at radius 3 is 2.30 bits per heavy atom. The summed E-state index contributed by atoms with van der Waals surface area (Å²) in [5.41, 5.74) is 5.67. The van der Waals surface area contributed by atoms with Crippen LogP contribution < -0.4 is 0 Å². The van der Waals surface area contributed by atoms with Crippen molar-refractivity contribution in [2.24, 2.45) is 5.92 Å². The average Bonchev–Trinajstić information content (AvgIpc) is 2.99. The van der Waals surface area contributed by atoms with Crippen molar-refractivity contribution >= 4 is 40.0 Å². The van der Waals surface area contributed by atoms with Crippen molar-refractivity contribution in [1.29, 1.82) is 0 Å². The van der Waals surface area contributed by atoms with Crippen molar-refractivity contribution < 1.29 is 14.3 Å². The molecule has 2 aliphatic rings. The molecule has 2 aromatic rings. The van der Waals surface area contributed by atoms with Gasteiger partial charge in [-0.15, -0.1) is 0 Å². The molecule has 0 N–H and O–H groups in total. The Hall–Kier alpha value is -2.04. The van der Waals surface area contributed by atoms with E-state index in [2.05, 4.69) is 19.1 Å². The van der Waals surface area contributed by atoms with Crippen LogP contribution >= 0.6 is 23.4 Å². The molecule has 2 aromatic carbocycles. The number of carbonyl (C=O) groups excluding carboxylic acids is 2. The van der Waals surface area contributed by atoms with Gasteiger partial charge in [-0.2, -0.15) is 0 Å². The average molecular weight is 483 g/mol. The number of halogens is 1. The summed E-state index contributed by atoms with van der Waals surface area (Å²) in [6, 6.07) is 11.9. The Bertz CT molecular complexity index is 1110. The standard InChI is InChI=1S/C28H31ClO3S/c1-17(2)14-24(30)32-26-25(27(31)33-28(26)12-6-5-7-13-28)23-16-22(18(3)15-19(23)4)20-8-10-21(29)11-9-20/h8-11,15-17H,5-7,12-14H2,1-4H3. The fraction of sp³-hybridized carbons (Fsp3) is 0.429. The third-order valence-electron chi connectivity index (χ3n) is 6.58. The zero-order chi connectivity index (χ0) is 23.8. The van der Waals surface area contributed by atoms with Gasteiger partial charge in [0.25, 0.3) is 0 Å². The molecule has 5 heteroatoms. The lowest BCUT2D eigenvalue weighted by Gasteiger charge is -2.33. The van der Waals surface area contributed by atoms with E-state index in [1.54, 1.807) is 0 Å². The van der Waals surface area contributed by atoms with Crippen molar-refractivity contribution in [3.63, 3.8) is 0 Å². The number of rotatable bonds is 5. The number of thioether (sulfide) groups is 1. The fourth-order valence-electron chi connectivity index (χ4n) is 4.97. The highest BCUT2D eigenvalue weighted by Gasteiger charge is 2.50. The zero-order valence-electron chi connectivity index (χ0n) is 19.8. The highest BCUT2D eigenvalue weighted by atomic mass is 35.5. The van der Waals surface area contributed by atoms with Crippen LogP contribution in [0.3, 0.4) is 0 Å². The molecule has 0 saturated heterocycles. The van der Waals surface area contributed by atoms with Crippen LogP contribution in [0.1, 0.15) is 69.1 Å². The second-order valence-corrected chi connectivity index (χ2v) is 11.5. The number of hydrogen-bond donors (Lipinski definition) is 0. The van der Waals surface area contributed by atoms with Crippen molar-refractivity contribution in [2.45, 2.75) is 71.0 Å². The van der Waals surface area contributed by atoms with Crippen LogP contribution in [0.4, 0.5) is 0 Å². The molecule has 33 heavy (non-hydrogen) atoms. The predicted octanol–water partition coefficient (Wildman–Crippen LogP) is 7.90. The monoisotopic (exact) mass is 482 g/mol. The Balaban J connectivity index is 1.87. The van der Waals surface area contributed by atoms with Crippen LogP contribution in [0.2, 0.25) is 5.02 Å². The number of hydrogen-bond acceptors (Lipinski definition) is 4. The minimum atomic E-state index is -0.422. The molecule has 0 radical (unpaired) electrons. The molecule has 1 aliphatic carbocycles. The summed E-state index contributed by atoms with van der Waals surface area (Å²) in [6.45, 7) is 8.11. The Morgan fingerprint density at radius 1 is 1.03 bits per heavy atom. The number of benzene rings is 2. The molecule has 0 unspecified atom stereocenters. The van der Waals surface area contributed by atoms with Crippen LogP contribution in [0, 0.1) is 19.8 Å². The summed E-state index contributed by atoms with van der Waals surface area (Å²) in [5, 5.41) is 0.700. The number of esters is 1. The molecule has 1 fully saturated rings. The van der Waals surface area contributed by atoms with Crippen LogP contribution in [0.25, 0.3) is 16.7 Å². The lowest BCUT2D eigenvalue weighted by molar-refractivity contribution is -0.140. The molecule has 3 nitrogen and oxygen atoms in total. The minimum absolute atomic E-state index is 0.0123. The second-order valence-electron chi connectivity index (χ2n) is 9.71. The first-order valence-electron chi connectivity index (χ1n) is 11.8. The number of aryl methyl sites for hydroxylation is 2. The quantitative estimate of drug-likeness (QED) is 0.406. The van der Waals surface area contributed by atoms with E-state index in [0.717, 1.165) is 59.9 Å². The minimum Gasteiger partial charge on any atom is -0.429 e. The Labute approximate surface area is 205 Å². The third-order valence-corrected chi connectivity index (χ3v) is 8.21. The van der Waals surface area contributed by atoms with Crippen molar-refractivity contribution in [1.82, 2.24) is 0 Å². The molecule has 174 valence electrons. The maximum Gasteiger partial charge on any atom is 0.311 e. The lowest BCUT2D eigenvalue weighted by atomic mass is 9.83. The van der Waals surface area contributed by atoms with Gasteiger partial charge in [0.15, 0.2) is 0 Å². The molecule has 0 bridgehead atoms. The summed E-state index contributed by atoms with van der Waals surface area (Å²) in [7, 11) is 0. The summed E-state index contributed by atoms with van der Waals surface area (Å²) >= 11 is 7.47.